The third-order valence-electron chi connectivity index (χ3n) is 7.23. The summed E-state index contributed by atoms with van der Waals surface area (Å²) in [5, 5.41) is 8.27. The summed E-state index contributed by atoms with van der Waals surface area (Å²) < 4.78 is 11.1. The first-order valence-electron chi connectivity index (χ1n) is 10.3. The second-order valence-electron chi connectivity index (χ2n) is 8.88. The van der Waals surface area contributed by atoms with Crippen molar-refractivity contribution in [3.8, 4) is 0 Å². The van der Waals surface area contributed by atoms with Crippen molar-refractivity contribution in [2.24, 2.45) is 11.8 Å². The molecular formula is C20H28N4O2. The van der Waals surface area contributed by atoms with Crippen molar-refractivity contribution in [3.63, 3.8) is 0 Å². The summed E-state index contributed by atoms with van der Waals surface area (Å²) in [6, 6.07) is 0. The first-order chi connectivity index (χ1) is 12.7. The Balaban J connectivity index is 1.20. The monoisotopic (exact) mass is 356 g/mol. The zero-order valence-corrected chi connectivity index (χ0v) is 15.6. The summed E-state index contributed by atoms with van der Waals surface area (Å²) in [4.78, 5) is 9.26. The maximum Gasteiger partial charge on any atom is 0.232 e. The first-order valence-corrected chi connectivity index (χ1v) is 10.3. The fraction of sp³-hybridized carbons (Fsp3) is 0.800. The van der Waals surface area contributed by atoms with Gasteiger partial charge in [0.1, 0.15) is 0 Å². The Morgan fingerprint density at radius 3 is 2.27 bits per heavy atom. The maximum absolute atomic E-state index is 5.76. The molecule has 6 heteroatoms. The van der Waals surface area contributed by atoms with E-state index < -0.39 is 0 Å². The predicted molar refractivity (Wildman–Crippen MR) is 94.6 cm³/mol. The van der Waals surface area contributed by atoms with Gasteiger partial charge in [0.2, 0.25) is 11.8 Å². The van der Waals surface area contributed by atoms with Gasteiger partial charge in [-0.2, -0.15) is 9.97 Å². The molecule has 2 heterocycles. The fourth-order valence-corrected chi connectivity index (χ4v) is 5.47. The van der Waals surface area contributed by atoms with Crippen molar-refractivity contribution < 1.29 is 9.05 Å². The van der Waals surface area contributed by atoms with Crippen LogP contribution in [0.15, 0.2) is 9.05 Å². The molecule has 4 saturated carbocycles. The average Bonchev–Trinajstić information content (AvgIpc) is 3.34. The van der Waals surface area contributed by atoms with Crippen LogP contribution in [-0.4, -0.2) is 20.3 Å². The zero-order chi connectivity index (χ0) is 17.6. The van der Waals surface area contributed by atoms with Gasteiger partial charge in [0.05, 0.1) is 0 Å². The van der Waals surface area contributed by atoms with Gasteiger partial charge in [-0.3, -0.25) is 0 Å². The van der Waals surface area contributed by atoms with Crippen LogP contribution in [0.5, 0.6) is 0 Å². The van der Waals surface area contributed by atoms with Crippen molar-refractivity contribution >= 4 is 0 Å². The molecule has 0 aliphatic heterocycles. The van der Waals surface area contributed by atoms with Gasteiger partial charge in [-0.15, -0.1) is 0 Å². The first kappa shape index (κ1) is 16.5. The number of aromatic nitrogens is 4. The smallest absolute Gasteiger partial charge is 0.232 e. The van der Waals surface area contributed by atoms with Crippen LogP contribution in [0.2, 0.25) is 0 Å². The summed E-state index contributed by atoms with van der Waals surface area (Å²) in [6.07, 6.45) is 13.3. The lowest BCUT2D eigenvalue weighted by atomic mass is 9.60. The molecule has 4 fully saturated rings. The molecule has 0 spiro atoms. The van der Waals surface area contributed by atoms with Crippen LogP contribution in [0.1, 0.15) is 93.6 Å². The van der Waals surface area contributed by atoms with E-state index in [0.29, 0.717) is 11.8 Å². The Hall–Kier alpha value is -1.72. The maximum atomic E-state index is 5.76. The molecule has 0 radical (unpaired) electrons. The summed E-state index contributed by atoms with van der Waals surface area (Å²) in [7, 11) is 0. The topological polar surface area (TPSA) is 77.8 Å². The third kappa shape index (κ3) is 2.97. The van der Waals surface area contributed by atoms with Gasteiger partial charge >= 0.3 is 0 Å². The van der Waals surface area contributed by atoms with Gasteiger partial charge in [-0.1, -0.05) is 10.3 Å². The summed E-state index contributed by atoms with van der Waals surface area (Å²) in [5.41, 5.74) is 0.202. The van der Waals surface area contributed by atoms with Crippen LogP contribution in [0.4, 0.5) is 0 Å². The molecular weight excluding hydrogens is 328 g/mol. The van der Waals surface area contributed by atoms with E-state index in [0.717, 1.165) is 48.6 Å². The minimum atomic E-state index is 0.202. The predicted octanol–water partition coefficient (Wildman–Crippen LogP) is 4.50. The molecule has 2 aromatic rings. The van der Waals surface area contributed by atoms with Crippen LogP contribution in [-0.2, 0) is 11.8 Å². The molecule has 26 heavy (non-hydrogen) atoms. The van der Waals surface area contributed by atoms with Gasteiger partial charge in [0.15, 0.2) is 11.6 Å². The molecule has 6 rings (SSSR count). The number of aryl methyl sites for hydroxylation is 1. The summed E-state index contributed by atoms with van der Waals surface area (Å²) in [6.45, 7) is 1.88. The Morgan fingerprint density at radius 2 is 1.62 bits per heavy atom. The summed E-state index contributed by atoms with van der Waals surface area (Å²) in [5.74, 6) is 5.41. The second-order valence-corrected chi connectivity index (χ2v) is 8.88. The molecule has 0 aromatic carbocycles. The largest absolute Gasteiger partial charge is 0.339 e. The van der Waals surface area contributed by atoms with Gasteiger partial charge < -0.3 is 9.05 Å². The minimum absolute atomic E-state index is 0.202. The minimum Gasteiger partial charge on any atom is -0.339 e. The number of hydrogen-bond acceptors (Lipinski definition) is 6. The van der Waals surface area contributed by atoms with Crippen molar-refractivity contribution in [1.82, 2.24) is 20.3 Å². The zero-order valence-electron chi connectivity index (χ0n) is 15.6. The Morgan fingerprint density at radius 1 is 0.885 bits per heavy atom. The number of rotatable bonds is 4. The van der Waals surface area contributed by atoms with E-state index in [-0.39, 0.29) is 5.41 Å². The fourth-order valence-electron chi connectivity index (χ4n) is 5.47. The highest BCUT2D eigenvalue weighted by molar-refractivity contribution is 5.11. The summed E-state index contributed by atoms with van der Waals surface area (Å²) >= 11 is 0. The molecule has 2 aromatic heterocycles. The molecule has 4 aliphatic carbocycles. The molecule has 2 bridgehead atoms. The van der Waals surface area contributed by atoms with E-state index in [1.807, 2.05) is 6.92 Å². The van der Waals surface area contributed by atoms with Crippen LogP contribution in [0.25, 0.3) is 0 Å². The Bertz CT molecular complexity index is 738. The van der Waals surface area contributed by atoms with Gasteiger partial charge in [-0.25, -0.2) is 0 Å². The lowest BCUT2D eigenvalue weighted by Crippen LogP contribution is -2.37. The number of hydrogen-bond donors (Lipinski definition) is 0. The highest BCUT2D eigenvalue weighted by atomic mass is 16.5. The normalized spacial score (nSPS) is 34.3. The van der Waals surface area contributed by atoms with E-state index >= 15 is 0 Å². The molecule has 0 amide bonds. The van der Waals surface area contributed by atoms with Crippen LogP contribution >= 0.6 is 0 Å². The number of fused-ring (bicyclic) bond motifs is 3. The van der Waals surface area contributed by atoms with Crippen molar-refractivity contribution in [2.45, 2.75) is 88.9 Å². The average molecular weight is 356 g/mol. The van der Waals surface area contributed by atoms with E-state index in [2.05, 4.69) is 15.3 Å². The van der Waals surface area contributed by atoms with Crippen LogP contribution < -0.4 is 0 Å². The number of nitrogens with zero attached hydrogens (tertiary/aromatic N) is 4. The van der Waals surface area contributed by atoms with Gasteiger partial charge in [0.25, 0.3) is 0 Å². The Labute approximate surface area is 154 Å². The molecule has 0 N–H and O–H groups in total. The van der Waals surface area contributed by atoms with E-state index in [1.54, 1.807) is 0 Å². The van der Waals surface area contributed by atoms with E-state index in [4.69, 9.17) is 14.0 Å². The molecule has 4 aliphatic rings. The van der Waals surface area contributed by atoms with Gasteiger partial charge in [0, 0.05) is 17.8 Å². The van der Waals surface area contributed by atoms with Crippen LogP contribution in [0, 0.1) is 18.8 Å². The highest BCUT2D eigenvalue weighted by Gasteiger charge is 2.45. The van der Waals surface area contributed by atoms with E-state index in [9.17, 15) is 0 Å². The second kappa shape index (κ2) is 6.46. The molecule has 6 nitrogen and oxygen atoms in total. The quantitative estimate of drug-likeness (QED) is 0.802. The van der Waals surface area contributed by atoms with E-state index in [1.165, 1.54) is 51.4 Å². The van der Waals surface area contributed by atoms with Crippen LogP contribution in [0.3, 0.4) is 0 Å². The standard InChI is InChI=1S/C20H28N4O2/c1-13-21-18(25-23-13)16-4-2-15(3-5-16)12-17-22-19(26-24-17)20-9-6-14(7-10-20)8-11-20/h14-16H,2-12H2,1H3. The third-order valence-corrected chi connectivity index (χ3v) is 7.23. The molecule has 140 valence electrons. The van der Waals surface area contributed by atoms with Crippen molar-refractivity contribution in [2.75, 3.05) is 0 Å². The highest BCUT2D eigenvalue weighted by Crippen LogP contribution is 2.51. The molecule has 0 saturated heterocycles. The SMILES string of the molecule is Cc1noc(C2CCC(Cc3noc(C45CCC(CC4)CC5)n3)CC2)n1. The Kier molecular flexibility index (Phi) is 4.09. The lowest BCUT2D eigenvalue weighted by molar-refractivity contribution is 0.103. The molecule has 0 atom stereocenters. The van der Waals surface area contributed by atoms with Crippen molar-refractivity contribution in [1.29, 1.82) is 0 Å². The van der Waals surface area contributed by atoms with Gasteiger partial charge in [-0.05, 0) is 83.0 Å². The molecule has 0 unspecified atom stereocenters. The van der Waals surface area contributed by atoms with Crippen molar-refractivity contribution in [3.05, 3.63) is 23.4 Å². The lowest BCUT2D eigenvalue weighted by Gasteiger charge is -2.43.